The first-order chi connectivity index (χ1) is 6.12. The first kappa shape index (κ1) is 9.00. The van der Waals surface area contributed by atoms with E-state index in [4.69, 9.17) is 16.3 Å². The number of aliphatic hydroxyl groups is 1. The third-order valence-corrected chi connectivity index (χ3v) is 2.62. The van der Waals surface area contributed by atoms with Crippen LogP contribution in [-0.4, -0.2) is 17.3 Å². The summed E-state index contributed by atoms with van der Waals surface area (Å²) in [6.45, 7) is 2.52. The summed E-state index contributed by atoms with van der Waals surface area (Å²) < 4.78 is 5.16. The number of benzene rings is 1. The molecule has 0 amide bonds. The second-order valence-corrected chi connectivity index (χ2v) is 3.99. The first-order valence-corrected chi connectivity index (χ1v) is 4.57. The van der Waals surface area contributed by atoms with Crippen LogP contribution < -0.4 is 0 Å². The second-order valence-electron chi connectivity index (χ2n) is 3.56. The fourth-order valence-electron chi connectivity index (χ4n) is 1.27. The molecule has 2 rings (SSSR count). The highest BCUT2D eigenvalue weighted by Gasteiger charge is 2.47. The van der Waals surface area contributed by atoms with E-state index in [2.05, 4.69) is 0 Å². The quantitative estimate of drug-likeness (QED) is 0.739. The molecule has 1 fully saturated rings. The third-order valence-electron chi connectivity index (χ3n) is 2.36. The third kappa shape index (κ3) is 1.70. The van der Waals surface area contributed by atoms with Crippen molar-refractivity contribution in [2.24, 2.45) is 0 Å². The molecule has 0 aromatic heterocycles. The Labute approximate surface area is 82.1 Å². The van der Waals surface area contributed by atoms with E-state index in [-0.39, 0.29) is 5.60 Å². The zero-order chi connectivity index (χ0) is 9.47. The van der Waals surface area contributed by atoms with Gasteiger partial charge < -0.3 is 9.84 Å². The van der Waals surface area contributed by atoms with Gasteiger partial charge in [-0.05, 0) is 24.6 Å². The van der Waals surface area contributed by atoms with Crippen LogP contribution in [-0.2, 0) is 4.74 Å². The minimum absolute atomic E-state index is 0.381. The zero-order valence-electron chi connectivity index (χ0n) is 7.33. The van der Waals surface area contributed by atoms with Crippen LogP contribution in [0.5, 0.6) is 0 Å². The molecule has 1 saturated heterocycles. The van der Waals surface area contributed by atoms with Gasteiger partial charge >= 0.3 is 0 Å². The van der Waals surface area contributed by atoms with Crippen molar-refractivity contribution in [3.63, 3.8) is 0 Å². The number of hydrogen-bond donors (Lipinski definition) is 1. The van der Waals surface area contributed by atoms with E-state index in [1.54, 1.807) is 12.1 Å². The topological polar surface area (TPSA) is 32.8 Å². The average Bonchev–Trinajstić information content (AvgIpc) is 2.85. The van der Waals surface area contributed by atoms with Crippen molar-refractivity contribution in [3.8, 4) is 0 Å². The summed E-state index contributed by atoms with van der Waals surface area (Å²) in [5.41, 5.74) is 0.470. The Balaban J connectivity index is 2.20. The lowest BCUT2D eigenvalue weighted by atomic mass is 9.98. The number of rotatable bonds is 2. The molecule has 70 valence electrons. The van der Waals surface area contributed by atoms with E-state index in [9.17, 15) is 5.11 Å². The second kappa shape index (κ2) is 2.98. The van der Waals surface area contributed by atoms with E-state index in [0.29, 0.717) is 11.6 Å². The first-order valence-electron chi connectivity index (χ1n) is 4.19. The van der Waals surface area contributed by atoms with Gasteiger partial charge in [-0.2, -0.15) is 0 Å². The van der Waals surface area contributed by atoms with Gasteiger partial charge in [-0.15, -0.1) is 0 Å². The number of ether oxygens (including phenoxy) is 1. The average molecular weight is 199 g/mol. The Bertz CT molecular complexity index is 303. The highest BCUT2D eigenvalue weighted by atomic mass is 35.5. The molecule has 3 heteroatoms. The van der Waals surface area contributed by atoms with E-state index >= 15 is 0 Å². The molecule has 0 aliphatic carbocycles. The molecule has 0 spiro atoms. The van der Waals surface area contributed by atoms with Gasteiger partial charge in [0.1, 0.15) is 11.7 Å². The molecule has 1 aliphatic rings. The fraction of sp³-hybridized carbons (Fsp3) is 0.400. The van der Waals surface area contributed by atoms with Crippen LogP contribution in [0, 0.1) is 0 Å². The normalized spacial score (nSPS) is 28.5. The van der Waals surface area contributed by atoms with Gasteiger partial charge in [-0.3, -0.25) is 0 Å². The molecule has 1 heterocycles. The Morgan fingerprint density at radius 1 is 1.46 bits per heavy atom. The lowest BCUT2D eigenvalue weighted by Gasteiger charge is -2.14. The molecular weight excluding hydrogens is 188 g/mol. The van der Waals surface area contributed by atoms with Crippen molar-refractivity contribution < 1.29 is 9.84 Å². The standard InChI is InChI=1S/C10H11ClO2/c1-10(6-13-10)9(12)7-2-4-8(11)5-3-7/h2-5,9,12H,6H2,1H3/t9-,10-/m0/s1. The molecule has 1 N–H and O–H groups in total. The summed E-state index contributed by atoms with van der Waals surface area (Å²) in [4.78, 5) is 0. The largest absolute Gasteiger partial charge is 0.385 e. The van der Waals surface area contributed by atoms with Crippen LogP contribution in [0.3, 0.4) is 0 Å². The van der Waals surface area contributed by atoms with Crippen molar-refractivity contribution in [3.05, 3.63) is 34.9 Å². The molecular formula is C10H11ClO2. The van der Waals surface area contributed by atoms with Gasteiger partial charge in [0.2, 0.25) is 0 Å². The SMILES string of the molecule is C[C@@]1([C@@H](O)c2ccc(Cl)cc2)CO1. The van der Waals surface area contributed by atoms with Gasteiger partial charge in [0.15, 0.2) is 0 Å². The minimum Gasteiger partial charge on any atom is -0.385 e. The lowest BCUT2D eigenvalue weighted by Crippen LogP contribution is -2.17. The predicted octanol–water partition coefficient (Wildman–Crippen LogP) is 2.16. The maximum atomic E-state index is 9.84. The van der Waals surface area contributed by atoms with Gasteiger partial charge in [0.05, 0.1) is 6.61 Å². The van der Waals surface area contributed by atoms with Crippen LogP contribution in [0.15, 0.2) is 24.3 Å². The Hall–Kier alpha value is -0.570. The van der Waals surface area contributed by atoms with E-state index in [0.717, 1.165) is 5.56 Å². The molecule has 0 unspecified atom stereocenters. The van der Waals surface area contributed by atoms with Crippen LogP contribution in [0.2, 0.25) is 5.02 Å². The van der Waals surface area contributed by atoms with Crippen molar-refractivity contribution in [2.75, 3.05) is 6.61 Å². The minimum atomic E-state index is -0.551. The molecule has 1 aromatic carbocycles. The van der Waals surface area contributed by atoms with Crippen LogP contribution in [0.4, 0.5) is 0 Å². The highest BCUT2D eigenvalue weighted by molar-refractivity contribution is 6.30. The van der Waals surface area contributed by atoms with Crippen molar-refractivity contribution >= 4 is 11.6 Å². The van der Waals surface area contributed by atoms with E-state index in [1.807, 2.05) is 19.1 Å². The predicted molar refractivity (Wildman–Crippen MR) is 50.8 cm³/mol. The fourth-order valence-corrected chi connectivity index (χ4v) is 1.40. The van der Waals surface area contributed by atoms with Crippen LogP contribution in [0.25, 0.3) is 0 Å². The number of hydrogen-bond acceptors (Lipinski definition) is 2. The number of epoxide rings is 1. The van der Waals surface area contributed by atoms with Gasteiger partial charge in [-0.1, -0.05) is 23.7 Å². The molecule has 0 radical (unpaired) electrons. The Morgan fingerprint density at radius 2 is 2.00 bits per heavy atom. The van der Waals surface area contributed by atoms with Gasteiger partial charge in [0.25, 0.3) is 0 Å². The highest BCUT2D eigenvalue weighted by Crippen LogP contribution is 2.39. The maximum Gasteiger partial charge on any atom is 0.119 e. The molecule has 2 nitrogen and oxygen atoms in total. The van der Waals surface area contributed by atoms with Crippen molar-refractivity contribution in [1.82, 2.24) is 0 Å². The van der Waals surface area contributed by atoms with Crippen molar-refractivity contribution in [1.29, 1.82) is 0 Å². The summed E-state index contributed by atoms with van der Waals surface area (Å²) >= 11 is 5.73. The lowest BCUT2D eigenvalue weighted by molar-refractivity contribution is 0.0849. The van der Waals surface area contributed by atoms with E-state index < -0.39 is 6.10 Å². The summed E-state index contributed by atoms with van der Waals surface area (Å²) in [6.07, 6.45) is -0.551. The van der Waals surface area contributed by atoms with Crippen molar-refractivity contribution in [2.45, 2.75) is 18.6 Å². The number of aliphatic hydroxyl groups excluding tert-OH is 1. The molecule has 2 atom stereocenters. The smallest absolute Gasteiger partial charge is 0.119 e. The molecule has 0 saturated carbocycles. The monoisotopic (exact) mass is 198 g/mol. The van der Waals surface area contributed by atoms with E-state index in [1.165, 1.54) is 0 Å². The van der Waals surface area contributed by atoms with Crippen LogP contribution in [0.1, 0.15) is 18.6 Å². The molecule has 13 heavy (non-hydrogen) atoms. The zero-order valence-corrected chi connectivity index (χ0v) is 8.08. The Kier molecular flexibility index (Phi) is 2.06. The van der Waals surface area contributed by atoms with Gasteiger partial charge in [0, 0.05) is 5.02 Å². The molecule has 1 aliphatic heterocycles. The molecule has 0 bridgehead atoms. The summed E-state index contributed by atoms with van der Waals surface area (Å²) in [6, 6.07) is 7.18. The Morgan fingerprint density at radius 3 is 2.46 bits per heavy atom. The van der Waals surface area contributed by atoms with Crippen LogP contribution >= 0.6 is 11.6 Å². The summed E-state index contributed by atoms with van der Waals surface area (Å²) in [7, 11) is 0. The maximum absolute atomic E-state index is 9.84. The molecule has 1 aromatic rings. The summed E-state index contributed by atoms with van der Waals surface area (Å²) in [5.74, 6) is 0. The summed E-state index contributed by atoms with van der Waals surface area (Å²) in [5, 5.41) is 10.5. The van der Waals surface area contributed by atoms with Gasteiger partial charge in [-0.25, -0.2) is 0 Å². The number of halogens is 1.